The monoisotopic (exact) mass is 228 g/mol. The molecule has 1 N–H and O–H groups in total. The first-order valence-corrected chi connectivity index (χ1v) is 4.92. The fraction of sp³-hybridized carbons (Fsp3) is 0.444. The number of hydrogen-bond acceptors (Lipinski definition) is 5. The van der Waals surface area contributed by atoms with E-state index < -0.39 is 0 Å². The summed E-state index contributed by atoms with van der Waals surface area (Å²) < 4.78 is 5.13. The van der Waals surface area contributed by atoms with E-state index in [1.54, 1.807) is 0 Å². The lowest BCUT2D eigenvalue weighted by Gasteiger charge is -2.06. The van der Waals surface area contributed by atoms with Crippen LogP contribution in [0, 0.1) is 0 Å². The zero-order chi connectivity index (χ0) is 11.3. The van der Waals surface area contributed by atoms with Crippen LogP contribution in [-0.2, 0) is 0 Å². The van der Waals surface area contributed by atoms with Crippen LogP contribution in [0.3, 0.4) is 0 Å². The zero-order valence-electron chi connectivity index (χ0n) is 8.75. The van der Waals surface area contributed by atoms with Crippen LogP contribution in [0.2, 0.25) is 5.28 Å². The minimum absolute atomic E-state index is 0.109. The number of rotatable bonds is 5. The molecule has 1 heterocycles. The summed E-state index contributed by atoms with van der Waals surface area (Å²) in [6.45, 7) is 8.58. The van der Waals surface area contributed by atoms with E-state index in [2.05, 4.69) is 26.8 Å². The number of nitrogens with zero attached hydrogens (tertiary/aromatic N) is 3. The second kappa shape index (κ2) is 5.50. The van der Waals surface area contributed by atoms with Crippen molar-refractivity contribution in [2.45, 2.75) is 13.8 Å². The van der Waals surface area contributed by atoms with Gasteiger partial charge in [0.15, 0.2) is 0 Å². The van der Waals surface area contributed by atoms with Crippen molar-refractivity contribution in [2.75, 3.05) is 18.5 Å². The van der Waals surface area contributed by atoms with Crippen LogP contribution in [0.5, 0.6) is 6.01 Å². The molecule has 0 spiro atoms. The van der Waals surface area contributed by atoms with Gasteiger partial charge in [-0.1, -0.05) is 12.2 Å². The van der Waals surface area contributed by atoms with Gasteiger partial charge >= 0.3 is 6.01 Å². The summed E-state index contributed by atoms with van der Waals surface area (Å²) in [7, 11) is 0. The Morgan fingerprint density at radius 1 is 1.47 bits per heavy atom. The van der Waals surface area contributed by atoms with Crippen molar-refractivity contribution < 1.29 is 4.74 Å². The van der Waals surface area contributed by atoms with E-state index >= 15 is 0 Å². The molecule has 0 fully saturated rings. The third-order valence-electron chi connectivity index (χ3n) is 1.41. The molecule has 0 unspecified atom stereocenters. The quantitative estimate of drug-likeness (QED) is 0.781. The summed E-state index contributed by atoms with van der Waals surface area (Å²) in [6.07, 6.45) is 0. The van der Waals surface area contributed by atoms with Crippen molar-refractivity contribution in [3.63, 3.8) is 0 Å². The molecule has 5 nitrogen and oxygen atoms in total. The number of ether oxygens (including phenoxy) is 1. The first kappa shape index (κ1) is 11.7. The molecule has 15 heavy (non-hydrogen) atoms. The standard InChI is InChI=1S/C9H13ClN4O/c1-4-15-9-13-7(10)12-8(14-9)11-5-6(2)3/h2,4-5H2,1,3H3,(H,11,12,13,14). The van der Waals surface area contributed by atoms with Gasteiger partial charge in [-0.2, -0.15) is 15.0 Å². The van der Waals surface area contributed by atoms with E-state index in [1.807, 2.05) is 13.8 Å². The lowest BCUT2D eigenvalue weighted by atomic mass is 10.3. The summed E-state index contributed by atoms with van der Waals surface area (Å²) in [4.78, 5) is 11.7. The van der Waals surface area contributed by atoms with Crippen LogP contribution in [0.4, 0.5) is 5.95 Å². The van der Waals surface area contributed by atoms with Crippen molar-refractivity contribution in [3.05, 3.63) is 17.4 Å². The zero-order valence-corrected chi connectivity index (χ0v) is 9.51. The molecule has 0 bridgehead atoms. The number of nitrogens with one attached hydrogen (secondary N) is 1. The predicted molar refractivity (Wildman–Crippen MR) is 59.3 cm³/mol. The molecule has 0 radical (unpaired) electrons. The van der Waals surface area contributed by atoms with E-state index in [0.717, 1.165) is 5.57 Å². The third kappa shape index (κ3) is 4.12. The molecule has 0 aromatic carbocycles. The average molecular weight is 229 g/mol. The highest BCUT2D eigenvalue weighted by Gasteiger charge is 2.04. The molecule has 0 aliphatic carbocycles. The van der Waals surface area contributed by atoms with Gasteiger partial charge in [0.05, 0.1) is 6.61 Å². The van der Waals surface area contributed by atoms with Crippen molar-refractivity contribution in [3.8, 4) is 6.01 Å². The van der Waals surface area contributed by atoms with E-state index in [-0.39, 0.29) is 11.3 Å². The molecule has 0 aliphatic rings. The topological polar surface area (TPSA) is 59.9 Å². The molecule has 82 valence electrons. The average Bonchev–Trinajstić information content (AvgIpc) is 2.14. The molecular weight excluding hydrogens is 216 g/mol. The van der Waals surface area contributed by atoms with Crippen molar-refractivity contribution in [2.24, 2.45) is 0 Å². The first-order chi connectivity index (χ1) is 7.11. The first-order valence-electron chi connectivity index (χ1n) is 4.54. The molecule has 1 aromatic heterocycles. The van der Waals surface area contributed by atoms with Gasteiger partial charge in [0.1, 0.15) is 0 Å². The van der Waals surface area contributed by atoms with Gasteiger partial charge in [0.2, 0.25) is 11.2 Å². The predicted octanol–water partition coefficient (Wildman–Crippen LogP) is 1.91. The Labute approximate surface area is 93.6 Å². The summed E-state index contributed by atoms with van der Waals surface area (Å²) in [5.74, 6) is 0.390. The molecule has 0 atom stereocenters. The normalized spacial score (nSPS) is 9.80. The lowest BCUT2D eigenvalue weighted by Crippen LogP contribution is -2.08. The fourth-order valence-electron chi connectivity index (χ4n) is 0.835. The Kier molecular flexibility index (Phi) is 4.30. The van der Waals surface area contributed by atoms with E-state index in [4.69, 9.17) is 16.3 Å². The van der Waals surface area contributed by atoms with Gasteiger partial charge in [0.25, 0.3) is 0 Å². The fourth-order valence-corrected chi connectivity index (χ4v) is 0.987. The maximum atomic E-state index is 5.70. The van der Waals surface area contributed by atoms with Crippen LogP contribution >= 0.6 is 11.6 Å². The Morgan fingerprint density at radius 2 is 2.20 bits per heavy atom. The molecule has 0 saturated heterocycles. The highest BCUT2D eigenvalue weighted by molar-refractivity contribution is 6.28. The number of hydrogen-bond donors (Lipinski definition) is 1. The second-order valence-electron chi connectivity index (χ2n) is 2.95. The molecule has 1 aromatic rings. The lowest BCUT2D eigenvalue weighted by molar-refractivity contribution is 0.312. The minimum atomic E-state index is 0.109. The summed E-state index contributed by atoms with van der Waals surface area (Å²) >= 11 is 5.70. The smallest absolute Gasteiger partial charge is 0.322 e. The minimum Gasteiger partial charge on any atom is -0.464 e. The van der Waals surface area contributed by atoms with E-state index in [0.29, 0.717) is 19.1 Å². The van der Waals surface area contributed by atoms with Gasteiger partial charge in [-0.25, -0.2) is 0 Å². The summed E-state index contributed by atoms with van der Waals surface area (Å²) in [5, 5.41) is 3.07. The Bertz CT molecular complexity index is 356. The van der Waals surface area contributed by atoms with Crippen molar-refractivity contribution in [1.82, 2.24) is 15.0 Å². The van der Waals surface area contributed by atoms with Crippen LogP contribution in [-0.4, -0.2) is 28.1 Å². The van der Waals surface area contributed by atoms with Crippen LogP contribution < -0.4 is 10.1 Å². The van der Waals surface area contributed by atoms with E-state index in [1.165, 1.54) is 0 Å². The Morgan fingerprint density at radius 3 is 2.80 bits per heavy atom. The molecule has 6 heteroatoms. The highest BCUT2D eigenvalue weighted by Crippen LogP contribution is 2.11. The van der Waals surface area contributed by atoms with Gasteiger partial charge in [-0.15, -0.1) is 0 Å². The molecule has 0 aliphatic heterocycles. The van der Waals surface area contributed by atoms with Gasteiger partial charge in [0, 0.05) is 6.54 Å². The second-order valence-corrected chi connectivity index (χ2v) is 3.29. The summed E-state index contributed by atoms with van der Waals surface area (Å²) in [6, 6.07) is 0.224. The van der Waals surface area contributed by atoms with Gasteiger partial charge in [-0.3, -0.25) is 0 Å². The van der Waals surface area contributed by atoms with Crippen molar-refractivity contribution >= 4 is 17.5 Å². The van der Waals surface area contributed by atoms with Crippen LogP contribution in [0.1, 0.15) is 13.8 Å². The largest absolute Gasteiger partial charge is 0.464 e. The molecule has 1 rings (SSSR count). The van der Waals surface area contributed by atoms with Crippen molar-refractivity contribution in [1.29, 1.82) is 0 Å². The molecule has 0 saturated carbocycles. The number of aromatic nitrogens is 3. The summed E-state index contributed by atoms with van der Waals surface area (Å²) in [5.41, 5.74) is 0.976. The Balaban J connectivity index is 2.74. The Hall–Kier alpha value is -1.36. The third-order valence-corrected chi connectivity index (χ3v) is 1.58. The number of halogens is 1. The molecule has 0 amide bonds. The van der Waals surface area contributed by atoms with Gasteiger partial charge < -0.3 is 10.1 Å². The van der Waals surface area contributed by atoms with E-state index in [9.17, 15) is 0 Å². The SMILES string of the molecule is C=C(C)CNc1nc(Cl)nc(OCC)n1. The molecular formula is C9H13ClN4O. The maximum Gasteiger partial charge on any atom is 0.322 e. The van der Waals surface area contributed by atoms with Crippen LogP contribution in [0.25, 0.3) is 0 Å². The van der Waals surface area contributed by atoms with Gasteiger partial charge in [-0.05, 0) is 25.4 Å². The maximum absolute atomic E-state index is 5.70. The van der Waals surface area contributed by atoms with Crippen LogP contribution in [0.15, 0.2) is 12.2 Å². The highest BCUT2D eigenvalue weighted by atomic mass is 35.5. The number of anilines is 1.